The van der Waals surface area contributed by atoms with Crippen molar-refractivity contribution in [2.45, 2.75) is 32.3 Å². The first-order valence-corrected chi connectivity index (χ1v) is 10.9. The van der Waals surface area contributed by atoms with Gasteiger partial charge < -0.3 is 20.1 Å². The number of hydrogen-bond donors (Lipinski definition) is 2. The first-order valence-electron chi connectivity index (χ1n) is 10.9. The fourth-order valence-corrected chi connectivity index (χ4v) is 3.93. The van der Waals surface area contributed by atoms with Crippen LogP contribution in [-0.2, 0) is 9.47 Å². The maximum atomic E-state index is 6.11. The van der Waals surface area contributed by atoms with Crippen LogP contribution in [0.15, 0.2) is 35.3 Å². The van der Waals surface area contributed by atoms with Crippen LogP contribution in [0.25, 0.3) is 0 Å². The molecule has 2 atom stereocenters. The van der Waals surface area contributed by atoms with Crippen LogP contribution >= 0.6 is 24.0 Å². The van der Waals surface area contributed by atoms with Gasteiger partial charge in [-0.05, 0) is 38.3 Å². The number of nitrogens with zero attached hydrogens (tertiary/aromatic N) is 2. The molecule has 2 heterocycles. The van der Waals surface area contributed by atoms with E-state index in [4.69, 9.17) is 14.5 Å². The largest absolute Gasteiger partial charge is 0.379 e. The third-order valence-corrected chi connectivity index (χ3v) is 5.45. The smallest absolute Gasteiger partial charge is 0.191 e. The zero-order valence-electron chi connectivity index (χ0n) is 17.6. The van der Waals surface area contributed by atoms with E-state index in [1.165, 1.54) is 12.0 Å². The Morgan fingerprint density at radius 1 is 1.14 bits per heavy atom. The summed E-state index contributed by atoms with van der Waals surface area (Å²) >= 11 is 0. The zero-order chi connectivity index (χ0) is 19.4. The third-order valence-electron chi connectivity index (χ3n) is 5.45. The summed E-state index contributed by atoms with van der Waals surface area (Å²) in [5.41, 5.74) is 1.27. The Hall–Kier alpha value is -0.900. The fraction of sp³-hybridized carbons (Fsp3) is 0.682. The minimum atomic E-state index is 0. The number of hydrogen-bond acceptors (Lipinski definition) is 4. The van der Waals surface area contributed by atoms with E-state index in [-0.39, 0.29) is 30.1 Å². The van der Waals surface area contributed by atoms with Gasteiger partial charge in [0.1, 0.15) is 0 Å². The summed E-state index contributed by atoms with van der Waals surface area (Å²) in [6.07, 6.45) is 3.55. The molecule has 1 aromatic rings. The molecule has 0 aliphatic carbocycles. The van der Waals surface area contributed by atoms with Gasteiger partial charge in [0.2, 0.25) is 0 Å². The van der Waals surface area contributed by atoms with Crippen LogP contribution in [0.4, 0.5) is 0 Å². The minimum absolute atomic E-state index is 0. The quantitative estimate of drug-likeness (QED) is 0.241. The maximum absolute atomic E-state index is 6.11. The number of nitrogens with one attached hydrogen (secondary N) is 2. The van der Waals surface area contributed by atoms with Crippen molar-refractivity contribution in [1.29, 1.82) is 0 Å². The first kappa shape index (κ1) is 24.4. The highest BCUT2D eigenvalue weighted by molar-refractivity contribution is 14.0. The van der Waals surface area contributed by atoms with E-state index < -0.39 is 0 Å². The highest BCUT2D eigenvalue weighted by Crippen LogP contribution is 2.33. The van der Waals surface area contributed by atoms with Gasteiger partial charge in [0.25, 0.3) is 0 Å². The summed E-state index contributed by atoms with van der Waals surface area (Å²) < 4.78 is 11.5. The van der Waals surface area contributed by atoms with Crippen molar-refractivity contribution in [3.05, 3.63) is 35.9 Å². The highest BCUT2D eigenvalue weighted by atomic mass is 127. The summed E-state index contributed by atoms with van der Waals surface area (Å²) in [5, 5.41) is 6.87. The number of benzene rings is 1. The second-order valence-electron chi connectivity index (χ2n) is 7.56. The summed E-state index contributed by atoms with van der Waals surface area (Å²) in [7, 11) is 0. The lowest BCUT2D eigenvalue weighted by Gasteiger charge is -2.31. The molecule has 3 rings (SSSR count). The Bertz CT molecular complexity index is 581. The molecular formula is C22H37IN4O2. The average molecular weight is 516 g/mol. The van der Waals surface area contributed by atoms with Gasteiger partial charge in [0.05, 0.1) is 19.3 Å². The molecule has 2 N–H and O–H groups in total. The van der Waals surface area contributed by atoms with E-state index in [0.717, 1.165) is 77.9 Å². The summed E-state index contributed by atoms with van der Waals surface area (Å²) in [6.45, 7) is 10.5. The van der Waals surface area contributed by atoms with Gasteiger partial charge in [-0.25, -0.2) is 0 Å². The number of rotatable bonds is 8. The predicted octanol–water partition coefficient (Wildman–Crippen LogP) is 3.05. The van der Waals surface area contributed by atoms with Gasteiger partial charge in [-0.2, -0.15) is 0 Å². The molecular weight excluding hydrogens is 479 g/mol. The summed E-state index contributed by atoms with van der Waals surface area (Å²) in [5.74, 6) is 1.35. The van der Waals surface area contributed by atoms with Crippen molar-refractivity contribution in [3.63, 3.8) is 0 Å². The summed E-state index contributed by atoms with van der Waals surface area (Å²) in [4.78, 5) is 7.35. The molecule has 0 bridgehead atoms. The predicted molar refractivity (Wildman–Crippen MR) is 129 cm³/mol. The van der Waals surface area contributed by atoms with E-state index in [2.05, 4.69) is 52.8 Å². The Morgan fingerprint density at radius 3 is 2.69 bits per heavy atom. The van der Waals surface area contributed by atoms with Crippen molar-refractivity contribution >= 4 is 29.9 Å². The molecule has 7 heteroatoms. The molecule has 0 amide bonds. The SMILES string of the molecule is CCNC(=NCC1CCCOC1c1ccccc1)NCCCN1CCOCC1.I. The van der Waals surface area contributed by atoms with Crippen LogP contribution in [0.1, 0.15) is 37.9 Å². The van der Waals surface area contributed by atoms with Gasteiger partial charge in [-0.1, -0.05) is 30.3 Å². The molecule has 1 aromatic carbocycles. The lowest BCUT2D eigenvalue weighted by molar-refractivity contribution is -0.0250. The molecule has 2 saturated heterocycles. The second-order valence-corrected chi connectivity index (χ2v) is 7.56. The van der Waals surface area contributed by atoms with Crippen molar-refractivity contribution in [3.8, 4) is 0 Å². The lowest BCUT2D eigenvalue weighted by atomic mass is 9.89. The van der Waals surface area contributed by atoms with Gasteiger partial charge in [0.15, 0.2) is 5.96 Å². The number of ether oxygens (including phenoxy) is 2. The van der Waals surface area contributed by atoms with Gasteiger partial charge in [-0.15, -0.1) is 24.0 Å². The van der Waals surface area contributed by atoms with Crippen LogP contribution in [0, 0.1) is 5.92 Å². The second kappa shape index (κ2) is 14.2. The lowest BCUT2D eigenvalue weighted by Crippen LogP contribution is -2.41. The maximum Gasteiger partial charge on any atom is 0.191 e. The highest BCUT2D eigenvalue weighted by Gasteiger charge is 2.27. The van der Waals surface area contributed by atoms with E-state index in [1.54, 1.807) is 0 Å². The van der Waals surface area contributed by atoms with E-state index in [9.17, 15) is 0 Å². The molecule has 2 fully saturated rings. The molecule has 29 heavy (non-hydrogen) atoms. The minimum Gasteiger partial charge on any atom is -0.379 e. The van der Waals surface area contributed by atoms with Crippen LogP contribution in [0.2, 0.25) is 0 Å². The van der Waals surface area contributed by atoms with Gasteiger partial charge in [0, 0.05) is 45.2 Å². The Balaban J connectivity index is 0.00000300. The normalized spacial score (nSPS) is 23.3. The Labute approximate surface area is 192 Å². The van der Waals surface area contributed by atoms with Gasteiger partial charge in [-0.3, -0.25) is 9.89 Å². The molecule has 0 radical (unpaired) electrons. The third kappa shape index (κ3) is 8.39. The molecule has 2 unspecified atom stereocenters. The van der Waals surface area contributed by atoms with Crippen molar-refractivity contribution in [1.82, 2.24) is 15.5 Å². The molecule has 0 aromatic heterocycles. The molecule has 2 aliphatic heterocycles. The molecule has 6 nitrogen and oxygen atoms in total. The van der Waals surface area contributed by atoms with E-state index in [0.29, 0.717) is 5.92 Å². The number of morpholine rings is 1. The van der Waals surface area contributed by atoms with E-state index in [1.807, 2.05) is 0 Å². The van der Waals surface area contributed by atoms with Crippen molar-refractivity contribution in [2.75, 3.05) is 59.1 Å². The topological polar surface area (TPSA) is 58.1 Å². The van der Waals surface area contributed by atoms with Crippen LogP contribution in [-0.4, -0.2) is 69.9 Å². The molecule has 164 valence electrons. The van der Waals surface area contributed by atoms with Gasteiger partial charge >= 0.3 is 0 Å². The zero-order valence-corrected chi connectivity index (χ0v) is 20.0. The van der Waals surface area contributed by atoms with Crippen LogP contribution in [0.3, 0.4) is 0 Å². The van der Waals surface area contributed by atoms with Crippen molar-refractivity contribution in [2.24, 2.45) is 10.9 Å². The molecule has 0 spiro atoms. The fourth-order valence-electron chi connectivity index (χ4n) is 3.93. The van der Waals surface area contributed by atoms with Crippen molar-refractivity contribution < 1.29 is 9.47 Å². The monoisotopic (exact) mass is 516 g/mol. The summed E-state index contributed by atoms with van der Waals surface area (Å²) in [6, 6.07) is 10.6. The molecule has 2 aliphatic rings. The Kier molecular flexibility index (Phi) is 11.9. The van der Waals surface area contributed by atoms with Crippen LogP contribution in [0.5, 0.6) is 0 Å². The van der Waals surface area contributed by atoms with Crippen LogP contribution < -0.4 is 10.6 Å². The average Bonchev–Trinajstić information content (AvgIpc) is 2.76. The standard InChI is InChI=1S/C22H36N4O2.HI/c1-2-23-22(24-11-7-12-26-13-16-27-17-14-26)25-18-20-10-6-15-28-21(20)19-8-4-3-5-9-19;/h3-5,8-9,20-21H,2,6-7,10-18H2,1H3,(H2,23,24,25);1H. The first-order chi connectivity index (χ1) is 13.9. The molecule has 0 saturated carbocycles. The Morgan fingerprint density at radius 2 is 1.93 bits per heavy atom. The number of guanidine groups is 1. The number of aliphatic imine (C=N–C) groups is 1. The van der Waals surface area contributed by atoms with E-state index >= 15 is 0 Å². The number of halogens is 1.